The maximum atomic E-state index is 15.0. The minimum Gasteiger partial charge on any atom is -0.480 e. The lowest BCUT2D eigenvalue weighted by molar-refractivity contribution is -0.135. The van der Waals surface area contributed by atoms with Gasteiger partial charge in [0.05, 0.1) is 17.4 Å². The summed E-state index contributed by atoms with van der Waals surface area (Å²) in [5, 5.41) is 16.3. The Morgan fingerprint density at radius 3 is 2.64 bits per heavy atom. The number of nitrogens with one attached hydrogen (secondary N) is 1. The largest absolute Gasteiger partial charge is 0.480 e. The van der Waals surface area contributed by atoms with E-state index in [1.165, 1.54) is 11.3 Å². The van der Waals surface area contributed by atoms with Crippen LogP contribution < -0.4 is 10.2 Å². The van der Waals surface area contributed by atoms with Crippen LogP contribution in [-0.4, -0.2) is 51.9 Å². The number of hydrogen-bond donors (Lipinski definition) is 2. The van der Waals surface area contributed by atoms with Gasteiger partial charge in [0.1, 0.15) is 23.5 Å². The van der Waals surface area contributed by atoms with Crippen molar-refractivity contribution in [2.24, 2.45) is 0 Å². The number of hydrogen-bond acceptors (Lipinski definition) is 8. The van der Waals surface area contributed by atoms with Crippen molar-refractivity contribution in [3.05, 3.63) is 64.7 Å². The van der Waals surface area contributed by atoms with Gasteiger partial charge in [-0.3, -0.25) is 9.59 Å². The number of halogens is 1. The van der Waals surface area contributed by atoms with E-state index < -0.39 is 24.2 Å². The predicted molar refractivity (Wildman–Crippen MR) is 155 cm³/mol. The zero-order valence-corrected chi connectivity index (χ0v) is 24.0. The Kier molecular flexibility index (Phi) is 6.94. The molecule has 9 nitrogen and oxygen atoms in total. The molecule has 2 aromatic carbocycles. The number of amides is 1. The molecule has 7 rings (SSSR count). The van der Waals surface area contributed by atoms with Crippen molar-refractivity contribution >= 4 is 38.6 Å². The molecule has 1 saturated carbocycles. The van der Waals surface area contributed by atoms with E-state index in [0.29, 0.717) is 17.2 Å². The molecule has 0 radical (unpaired) electrons. The van der Waals surface area contributed by atoms with Crippen LogP contribution in [0, 0.1) is 12.7 Å². The number of nitrogens with zero attached hydrogens (tertiary/aromatic N) is 3. The summed E-state index contributed by atoms with van der Waals surface area (Å²) in [5.41, 5.74) is 4.48. The molecule has 2 N–H and O–H groups in total. The van der Waals surface area contributed by atoms with Gasteiger partial charge in [0.15, 0.2) is 10.9 Å². The van der Waals surface area contributed by atoms with Crippen LogP contribution in [0.5, 0.6) is 0 Å². The summed E-state index contributed by atoms with van der Waals surface area (Å²) >= 11 is 1.36. The van der Waals surface area contributed by atoms with Crippen LogP contribution in [0.25, 0.3) is 21.5 Å². The Bertz CT molecular complexity index is 1670. The van der Waals surface area contributed by atoms with Crippen molar-refractivity contribution in [1.82, 2.24) is 15.5 Å². The summed E-state index contributed by atoms with van der Waals surface area (Å²) in [6, 6.07) is 11.4. The van der Waals surface area contributed by atoms with Crippen LogP contribution in [0.3, 0.4) is 0 Å². The Morgan fingerprint density at radius 2 is 1.93 bits per heavy atom. The van der Waals surface area contributed by atoms with Crippen molar-refractivity contribution in [2.45, 2.75) is 76.2 Å². The van der Waals surface area contributed by atoms with Crippen LogP contribution >= 0.6 is 11.3 Å². The molecule has 218 valence electrons. The highest BCUT2D eigenvalue weighted by Crippen LogP contribution is 2.46. The minimum atomic E-state index is -1.16. The number of carbonyl (C=O) groups is 2. The highest BCUT2D eigenvalue weighted by atomic mass is 32.1. The van der Waals surface area contributed by atoms with Crippen LogP contribution in [0.4, 0.5) is 9.52 Å². The summed E-state index contributed by atoms with van der Waals surface area (Å²) < 4.78 is 28.0. The standard InChI is InChI=1S/C31H31FN4O5S/c1-16-4-2-3-5-22(16)27-23(29(41-35-27)17-6-7-17)15-40-21-12-19-8-9-20(13-21)36(19)31-34-28-24(32)10-18(11-25(28)42-31)30(39)33-14-26(37)38/h2-5,10-11,17,19-21H,6-9,12-15H2,1H3,(H,33,39)(H,37,38)/t19-,20?,21-/m0/s1. The van der Waals surface area contributed by atoms with E-state index in [4.69, 9.17) is 14.4 Å². The number of benzene rings is 2. The third kappa shape index (κ3) is 5.05. The molecule has 1 amide bonds. The molecular weight excluding hydrogens is 559 g/mol. The number of carboxylic acids is 1. The number of thiazole rings is 1. The number of carbonyl (C=O) groups excluding carboxylic acids is 1. The van der Waals surface area contributed by atoms with Crippen LogP contribution in [-0.2, 0) is 16.1 Å². The molecule has 11 heteroatoms. The van der Waals surface area contributed by atoms with Crippen molar-refractivity contribution in [1.29, 1.82) is 0 Å². The molecule has 3 aliphatic rings. The van der Waals surface area contributed by atoms with Gasteiger partial charge in [-0.15, -0.1) is 0 Å². The van der Waals surface area contributed by atoms with E-state index in [0.717, 1.165) is 77.9 Å². The van der Waals surface area contributed by atoms with Gasteiger partial charge >= 0.3 is 5.97 Å². The lowest BCUT2D eigenvalue weighted by atomic mass is 9.99. The summed E-state index contributed by atoms with van der Waals surface area (Å²) in [7, 11) is 0. The van der Waals surface area contributed by atoms with E-state index in [1.54, 1.807) is 6.07 Å². The number of aryl methyl sites for hydroxylation is 1. The topological polar surface area (TPSA) is 118 Å². The van der Waals surface area contributed by atoms with Gasteiger partial charge < -0.3 is 24.6 Å². The van der Waals surface area contributed by atoms with Crippen molar-refractivity contribution in [3.8, 4) is 11.3 Å². The maximum Gasteiger partial charge on any atom is 0.322 e. The second-order valence-electron chi connectivity index (χ2n) is 11.5. The van der Waals surface area contributed by atoms with Gasteiger partial charge in [-0.05, 0) is 63.1 Å². The minimum absolute atomic E-state index is 0.0795. The summed E-state index contributed by atoms with van der Waals surface area (Å²) in [6.07, 6.45) is 6.05. The lowest BCUT2D eigenvalue weighted by Crippen LogP contribution is -2.45. The summed E-state index contributed by atoms with van der Waals surface area (Å²) in [4.78, 5) is 30.1. The summed E-state index contributed by atoms with van der Waals surface area (Å²) in [6.45, 7) is 2.02. The monoisotopic (exact) mass is 590 g/mol. The zero-order chi connectivity index (χ0) is 29.0. The highest BCUT2D eigenvalue weighted by Gasteiger charge is 2.43. The van der Waals surface area contributed by atoms with Crippen molar-refractivity contribution < 1.29 is 28.3 Å². The predicted octanol–water partition coefficient (Wildman–Crippen LogP) is 5.81. The Balaban J connectivity index is 1.07. The Hall–Kier alpha value is -3.83. The first-order valence-corrected chi connectivity index (χ1v) is 15.2. The molecule has 1 aliphatic carbocycles. The molecule has 2 saturated heterocycles. The number of ether oxygens (including phenoxy) is 1. The lowest BCUT2D eigenvalue weighted by Gasteiger charge is -2.38. The third-order valence-corrected chi connectivity index (χ3v) is 9.66. The van der Waals surface area contributed by atoms with Gasteiger partial charge in [0, 0.05) is 34.7 Å². The first-order chi connectivity index (χ1) is 20.4. The fraction of sp³-hybridized carbons (Fsp3) is 0.419. The fourth-order valence-corrected chi connectivity index (χ4v) is 7.59. The normalized spacial score (nSPS) is 21.7. The van der Waals surface area contributed by atoms with E-state index in [-0.39, 0.29) is 29.3 Å². The smallest absolute Gasteiger partial charge is 0.322 e. The molecule has 3 atom stereocenters. The first-order valence-electron chi connectivity index (χ1n) is 14.4. The van der Waals surface area contributed by atoms with E-state index in [9.17, 15) is 14.0 Å². The number of aromatic nitrogens is 2. The number of rotatable bonds is 9. The highest BCUT2D eigenvalue weighted by molar-refractivity contribution is 7.22. The van der Waals surface area contributed by atoms with Gasteiger partial charge in [-0.2, -0.15) is 0 Å². The van der Waals surface area contributed by atoms with E-state index in [1.807, 2.05) is 12.1 Å². The number of anilines is 1. The molecule has 4 heterocycles. The number of aliphatic carboxylic acids is 1. The second kappa shape index (κ2) is 10.8. The van der Waals surface area contributed by atoms with Gasteiger partial charge in [0.2, 0.25) is 0 Å². The Labute approximate surface area is 245 Å². The number of carboxylic acid groups (broad SMARTS) is 1. The van der Waals surface area contributed by atoms with Crippen LogP contribution in [0.2, 0.25) is 0 Å². The fourth-order valence-electron chi connectivity index (χ4n) is 6.43. The molecule has 42 heavy (non-hydrogen) atoms. The van der Waals surface area contributed by atoms with E-state index in [2.05, 4.69) is 39.4 Å². The molecule has 2 aliphatic heterocycles. The molecule has 3 fully saturated rings. The van der Waals surface area contributed by atoms with Gasteiger partial charge in [0.25, 0.3) is 5.91 Å². The average Bonchev–Trinajstić information content (AvgIpc) is 3.48. The zero-order valence-electron chi connectivity index (χ0n) is 23.1. The maximum absolute atomic E-state index is 15.0. The van der Waals surface area contributed by atoms with Crippen LogP contribution in [0.15, 0.2) is 40.9 Å². The number of piperidine rings is 1. The second-order valence-corrected chi connectivity index (χ2v) is 12.5. The SMILES string of the molecule is Cc1ccccc1-c1noc(C2CC2)c1CO[C@@H]1CC2CC[C@@H](C1)N2c1nc2c(F)cc(C(=O)NCC(=O)O)cc2s1. The first kappa shape index (κ1) is 27.0. The van der Waals surface area contributed by atoms with Crippen molar-refractivity contribution in [3.63, 3.8) is 0 Å². The average molecular weight is 591 g/mol. The van der Waals surface area contributed by atoms with Gasteiger partial charge in [-0.25, -0.2) is 9.37 Å². The van der Waals surface area contributed by atoms with E-state index >= 15 is 0 Å². The Morgan fingerprint density at radius 1 is 1.17 bits per heavy atom. The molecule has 2 aromatic heterocycles. The summed E-state index contributed by atoms with van der Waals surface area (Å²) in [5.74, 6) is -0.999. The molecular formula is C31H31FN4O5S. The molecule has 2 bridgehead atoms. The number of fused-ring (bicyclic) bond motifs is 3. The van der Waals surface area contributed by atoms with Crippen LogP contribution in [0.1, 0.15) is 71.7 Å². The van der Waals surface area contributed by atoms with Gasteiger partial charge in [-0.1, -0.05) is 40.8 Å². The molecule has 4 aromatic rings. The van der Waals surface area contributed by atoms with Crippen molar-refractivity contribution in [2.75, 3.05) is 11.4 Å². The molecule has 0 spiro atoms. The quantitative estimate of drug-likeness (QED) is 0.251. The molecule has 1 unspecified atom stereocenters. The third-order valence-electron chi connectivity index (χ3n) is 8.64.